The topological polar surface area (TPSA) is 46.2 Å². The van der Waals surface area contributed by atoms with Crippen LogP contribution in [0.1, 0.15) is 48.1 Å². The number of aryl methyl sites for hydroxylation is 2. The van der Waals surface area contributed by atoms with Crippen molar-refractivity contribution in [2.75, 3.05) is 5.73 Å². The van der Waals surface area contributed by atoms with Crippen molar-refractivity contribution in [2.24, 2.45) is 0 Å². The molecule has 0 saturated heterocycles. The lowest BCUT2D eigenvalue weighted by Gasteiger charge is -2.07. The molecule has 0 saturated carbocycles. The number of rotatable bonds is 8. The lowest BCUT2D eigenvalue weighted by atomic mass is 9.99. The molecule has 0 unspecified atom stereocenters. The molecule has 0 fully saturated rings. The van der Waals surface area contributed by atoms with Crippen LogP contribution in [0, 0.1) is 0 Å². The van der Waals surface area contributed by atoms with Crippen LogP contribution in [0.2, 0.25) is 0 Å². The van der Waals surface area contributed by atoms with E-state index in [1.807, 2.05) is 42.5 Å². The van der Waals surface area contributed by atoms with E-state index in [0.29, 0.717) is 0 Å². The molecule has 0 heterocycles. The third-order valence-electron chi connectivity index (χ3n) is 5.37. The van der Waals surface area contributed by atoms with Crippen LogP contribution in [0.5, 0.6) is 0 Å². The third-order valence-corrected chi connectivity index (χ3v) is 5.37. The van der Waals surface area contributed by atoms with Gasteiger partial charge in [0.05, 0.1) is 0 Å². The Morgan fingerprint density at radius 2 is 1.32 bits per heavy atom. The van der Waals surface area contributed by atoms with Crippen molar-refractivity contribution in [2.45, 2.75) is 33.1 Å². The Morgan fingerprint density at radius 3 is 1.87 bits per heavy atom. The second kappa shape index (κ2) is 11.0. The van der Waals surface area contributed by atoms with Crippen LogP contribution in [0.4, 0.5) is 5.69 Å². The molecule has 0 aliphatic heterocycles. The maximum atomic E-state index is 10.8. The summed E-state index contributed by atoms with van der Waals surface area (Å²) in [5.41, 5.74) is 13.1. The van der Waals surface area contributed by atoms with E-state index in [1.165, 1.54) is 11.1 Å². The minimum Gasteiger partial charge on any atom is -0.507 e. The van der Waals surface area contributed by atoms with Gasteiger partial charge in [0, 0.05) is 11.3 Å². The fourth-order valence-electron chi connectivity index (χ4n) is 3.34. The molecule has 0 aliphatic rings. The zero-order valence-electron chi connectivity index (χ0n) is 18.4. The Balaban J connectivity index is 1.85. The summed E-state index contributed by atoms with van der Waals surface area (Å²) in [4.78, 5) is 0. The number of benzene rings is 3. The van der Waals surface area contributed by atoms with Crippen molar-refractivity contribution >= 4 is 23.1 Å². The fourth-order valence-corrected chi connectivity index (χ4v) is 3.34. The smallest absolute Gasteiger partial charge is 0.123 e. The largest absolute Gasteiger partial charge is 0.507 e. The van der Waals surface area contributed by atoms with E-state index >= 15 is 0 Å². The average Bonchev–Trinajstić information content (AvgIpc) is 2.82. The Hall–Kier alpha value is -3.52. The highest BCUT2D eigenvalue weighted by atomic mass is 16.3. The molecular formula is C29H31NO. The van der Waals surface area contributed by atoms with Gasteiger partial charge in [0.25, 0.3) is 0 Å². The highest BCUT2D eigenvalue weighted by Crippen LogP contribution is 2.23. The molecule has 0 radical (unpaired) electrons. The van der Waals surface area contributed by atoms with Crippen molar-refractivity contribution in [1.82, 2.24) is 0 Å². The number of anilines is 1. The van der Waals surface area contributed by atoms with Gasteiger partial charge in [0.15, 0.2) is 0 Å². The van der Waals surface area contributed by atoms with E-state index in [-0.39, 0.29) is 5.76 Å². The minimum atomic E-state index is 0.274. The molecule has 31 heavy (non-hydrogen) atoms. The Bertz CT molecular complexity index is 1050. The third kappa shape index (κ3) is 6.48. The average molecular weight is 410 g/mol. The Labute approximate surface area is 186 Å². The minimum absolute atomic E-state index is 0.274. The first-order valence-electron chi connectivity index (χ1n) is 10.9. The molecule has 3 rings (SSSR count). The summed E-state index contributed by atoms with van der Waals surface area (Å²) in [7, 11) is 0. The van der Waals surface area contributed by atoms with Crippen molar-refractivity contribution in [3.63, 3.8) is 0 Å². The molecule has 158 valence electrons. The van der Waals surface area contributed by atoms with Crippen molar-refractivity contribution in [1.29, 1.82) is 0 Å². The molecule has 0 spiro atoms. The van der Waals surface area contributed by atoms with Gasteiger partial charge in [-0.15, -0.1) is 0 Å². The molecule has 0 bridgehead atoms. The van der Waals surface area contributed by atoms with Crippen LogP contribution in [-0.2, 0) is 12.8 Å². The van der Waals surface area contributed by atoms with Gasteiger partial charge in [-0.25, -0.2) is 0 Å². The Kier molecular flexibility index (Phi) is 7.89. The van der Waals surface area contributed by atoms with Gasteiger partial charge < -0.3 is 10.8 Å². The number of allylic oxidation sites excluding steroid dienone is 4. The van der Waals surface area contributed by atoms with E-state index in [9.17, 15) is 5.11 Å². The lowest BCUT2D eigenvalue weighted by Crippen LogP contribution is -1.89. The predicted octanol–water partition coefficient (Wildman–Crippen LogP) is 7.48. The molecule has 3 aromatic rings. The molecule has 0 aliphatic carbocycles. The molecule has 0 atom stereocenters. The standard InChI is InChI=1S/C29H31NO/c1-3-22-9-15-25(16-10-22)27(8-6-5-7-24-13-19-28(30)20-14-24)21-29(31)26-17-11-23(4-2)12-18-26/h5,7-21,31H,3-4,6,30H2,1-2H3/b7-5+,27-8+,29-21-. The Morgan fingerprint density at radius 1 is 0.774 bits per heavy atom. The van der Waals surface area contributed by atoms with Crippen LogP contribution in [-0.4, -0.2) is 5.11 Å². The monoisotopic (exact) mass is 409 g/mol. The lowest BCUT2D eigenvalue weighted by molar-refractivity contribution is 0.512. The normalized spacial score (nSPS) is 12.5. The van der Waals surface area contributed by atoms with Crippen LogP contribution in [0.25, 0.3) is 17.4 Å². The van der Waals surface area contributed by atoms with E-state index in [4.69, 9.17) is 5.73 Å². The number of hydrogen-bond acceptors (Lipinski definition) is 2. The van der Waals surface area contributed by atoms with Crippen molar-refractivity contribution < 1.29 is 5.11 Å². The van der Waals surface area contributed by atoms with Gasteiger partial charge in [-0.1, -0.05) is 92.7 Å². The van der Waals surface area contributed by atoms with Gasteiger partial charge in [0.2, 0.25) is 0 Å². The summed E-state index contributed by atoms with van der Waals surface area (Å²) in [5, 5.41) is 10.8. The van der Waals surface area contributed by atoms with Crippen LogP contribution in [0.15, 0.2) is 91.0 Å². The summed E-state index contributed by atoms with van der Waals surface area (Å²) in [6.07, 6.45) is 11.0. The predicted molar refractivity (Wildman–Crippen MR) is 135 cm³/mol. The number of aliphatic hydroxyl groups excluding tert-OH is 1. The summed E-state index contributed by atoms with van der Waals surface area (Å²) in [6.45, 7) is 4.28. The molecule has 2 nitrogen and oxygen atoms in total. The highest BCUT2D eigenvalue weighted by molar-refractivity contribution is 5.81. The number of nitrogen functional groups attached to an aromatic ring is 1. The van der Waals surface area contributed by atoms with Gasteiger partial charge >= 0.3 is 0 Å². The SMILES string of the molecule is CCc1ccc(/C(O)=C/C(=C\C/C=C/c2ccc(N)cc2)c2ccc(CC)cc2)cc1. The second-order valence-electron chi connectivity index (χ2n) is 7.59. The molecule has 0 amide bonds. The molecule has 2 heteroatoms. The molecule has 3 aromatic carbocycles. The highest BCUT2D eigenvalue weighted by Gasteiger charge is 2.04. The van der Waals surface area contributed by atoms with Gasteiger partial charge in [-0.3, -0.25) is 0 Å². The van der Waals surface area contributed by atoms with Crippen molar-refractivity contribution in [3.05, 3.63) is 119 Å². The maximum absolute atomic E-state index is 10.8. The fraction of sp³-hybridized carbons (Fsp3) is 0.172. The number of aliphatic hydroxyl groups is 1. The van der Waals surface area contributed by atoms with Gasteiger partial charge in [-0.2, -0.15) is 0 Å². The number of nitrogens with two attached hydrogens (primary N) is 1. The summed E-state index contributed by atoms with van der Waals surface area (Å²) >= 11 is 0. The summed E-state index contributed by atoms with van der Waals surface area (Å²) in [5.74, 6) is 0.274. The van der Waals surface area contributed by atoms with Crippen LogP contribution in [0.3, 0.4) is 0 Å². The van der Waals surface area contributed by atoms with Crippen molar-refractivity contribution in [3.8, 4) is 0 Å². The first-order chi connectivity index (χ1) is 15.1. The summed E-state index contributed by atoms with van der Waals surface area (Å²) in [6, 6.07) is 24.4. The van der Waals surface area contributed by atoms with Crippen LogP contribution >= 0.6 is 0 Å². The van der Waals surface area contributed by atoms with Crippen LogP contribution < -0.4 is 5.73 Å². The van der Waals surface area contributed by atoms with Gasteiger partial charge in [0.1, 0.15) is 5.76 Å². The molecule has 3 N–H and O–H groups in total. The first kappa shape index (κ1) is 22.2. The van der Waals surface area contributed by atoms with E-state index < -0.39 is 0 Å². The molecule has 0 aromatic heterocycles. The van der Waals surface area contributed by atoms with E-state index in [2.05, 4.69) is 68.5 Å². The zero-order chi connectivity index (χ0) is 22.1. The van der Waals surface area contributed by atoms with Gasteiger partial charge in [-0.05, 0) is 65.3 Å². The quantitative estimate of drug-likeness (QED) is 0.230. The second-order valence-corrected chi connectivity index (χ2v) is 7.59. The first-order valence-corrected chi connectivity index (χ1v) is 10.9. The maximum Gasteiger partial charge on any atom is 0.123 e. The number of hydrogen-bond donors (Lipinski definition) is 2. The van der Waals surface area contributed by atoms with E-state index in [1.54, 1.807) is 0 Å². The van der Waals surface area contributed by atoms with E-state index in [0.717, 1.165) is 47.2 Å². The zero-order valence-corrected chi connectivity index (χ0v) is 18.4. The molecular weight excluding hydrogens is 378 g/mol. The summed E-state index contributed by atoms with van der Waals surface area (Å²) < 4.78 is 0.